The molecule has 1 aromatic rings. The van der Waals surface area contributed by atoms with Gasteiger partial charge >= 0.3 is 0 Å². The molecular formula is C13H18ClNO. The molecule has 0 aromatic heterocycles. The van der Waals surface area contributed by atoms with Gasteiger partial charge in [0.15, 0.2) is 0 Å². The van der Waals surface area contributed by atoms with Crippen LogP contribution in [0.15, 0.2) is 18.2 Å². The first-order chi connectivity index (χ1) is 7.66. The lowest BCUT2D eigenvalue weighted by atomic mass is 10.1. The van der Waals surface area contributed by atoms with Crippen LogP contribution in [0.1, 0.15) is 31.7 Å². The monoisotopic (exact) mass is 239 g/mol. The maximum atomic E-state index is 9.31. The second kappa shape index (κ2) is 5.07. The first-order valence-electron chi connectivity index (χ1n) is 5.87. The molecule has 0 saturated heterocycles. The summed E-state index contributed by atoms with van der Waals surface area (Å²) < 4.78 is 0. The molecule has 16 heavy (non-hydrogen) atoms. The lowest BCUT2D eigenvalue weighted by Gasteiger charge is -2.17. The van der Waals surface area contributed by atoms with Crippen molar-refractivity contribution in [2.45, 2.75) is 38.8 Å². The van der Waals surface area contributed by atoms with Crippen LogP contribution in [-0.2, 0) is 6.54 Å². The van der Waals surface area contributed by atoms with E-state index in [1.165, 1.54) is 19.3 Å². The van der Waals surface area contributed by atoms with Crippen LogP contribution in [0.3, 0.4) is 0 Å². The van der Waals surface area contributed by atoms with Crippen molar-refractivity contribution in [3.63, 3.8) is 0 Å². The van der Waals surface area contributed by atoms with Crippen molar-refractivity contribution in [2.75, 3.05) is 0 Å². The van der Waals surface area contributed by atoms with Crippen molar-refractivity contribution in [1.29, 1.82) is 0 Å². The molecule has 1 saturated carbocycles. The van der Waals surface area contributed by atoms with Gasteiger partial charge in [-0.1, -0.05) is 31.0 Å². The van der Waals surface area contributed by atoms with E-state index in [1.807, 2.05) is 12.1 Å². The average Bonchev–Trinajstić information content (AvgIpc) is 2.66. The maximum Gasteiger partial charge on any atom is 0.134 e. The minimum Gasteiger partial charge on any atom is -0.506 e. The lowest BCUT2D eigenvalue weighted by molar-refractivity contribution is 0.425. The van der Waals surface area contributed by atoms with Crippen LogP contribution in [-0.4, -0.2) is 11.1 Å². The second-order valence-electron chi connectivity index (χ2n) is 4.68. The van der Waals surface area contributed by atoms with Crippen LogP contribution in [0.25, 0.3) is 0 Å². The third-order valence-electron chi connectivity index (χ3n) is 3.44. The number of rotatable bonds is 3. The molecule has 2 nitrogen and oxygen atoms in total. The minimum absolute atomic E-state index is 0.152. The molecule has 1 aromatic carbocycles. The summed E-state index contributed by atoms with van der Waals surface area (Å²) in [6, 6.07) is 6.02. The zero-order valence-corrected chi connectivity index (χ0v) is 10.3. The van der Waals surface area contributed by atoms with Gasteiger partial charge in [-0.05, 0) is 36.5 Å². The van der Waals surface area contributed by atoms with Gasteiger partial charge in [0, 0.05) is 12.6 Å². The van der Waals surface area contributed by atoms with Gasteiger partial charge in [0.05, 0.1) is 5.02 Å². The highest BCUT2D eigenvalue weighted by Crippen LogP contribution is 2.26. The molecule has 0 heterocycles. The van der Waals surface area contributed by atoms with Gasteiger partial charge in [-0.25, -0.2) is 0 Å². The lowest BCUT2D eigenvalue weighted by Crippen LogP contribution is -2.30. The third-order valence-corrected chi connectivity index (χ3v) is 3.74. The van der Waals surface area contributed by atoms with Gasteiger partial charge in [-0.3, -0.25) is 0 Å². The van der Waals surface area contributed by atoms with Crippen LogP contribution < -0.4 is 5.32 Å². The second-order valence-corrected chi connectivity index (χ2v) is 5.09. The van der Waals surface area contributed by atoms with E-state index in [0.29, 0.717) is 11.1 Å². The summed E-state index contributed by atoms with van der Waals surface area (Å²) in [5.41, 5.74) is 1.13. The van der Waals surface area contributed by atoms with Crippen molar-refractivity contribution >= 4 is 11.6 Å². The standard InChI is InChI=1S/C13H18ClNO/c1-9-3-2-4-12(9)15-8-10-5-6-13(16)11(14)7-10/h5-7,9,12,15-16H,2-4,8H2,1H3. The van der Waals surface area contributed by atoms with Gasteiger partial charge in [-0.2, -0.15) is 0 Å². The van der Waals surface area contributed by atoms with Crippen molar-refractivity contribution in [2.24, 2.45) is 5.92 Å². The molecule has 2 N–H and O–H groups in total. The number of aromatic hydroxyl groups is 1. The largest absolute Gasteiger partial charge is 0.506 e. The highest BCUT2D eigenvalue weighted by molar-refractivity contribution is 6.32. The molecule has 0 amide bonds. The van der Waals surface area contributed by atoms with Crippen LogP contribution in [0.2, 0.25) is 5.02 Å². The van der Waals surface area contributed by atoms with E-state index in [-0.39, 0.29) is 5.75 Å². The molecule has 2 unspecified atom stereocenters. The molecule has 3 heteroatoms. The number of hydrogen-bond acceptors (Lipinski definition) is 2. The number of hydrogen-bond donors (Lipinski definition) is 2. The van der Waals surface area contributed by atoms with Crippen LogP contribution in [0, 0.1) is 5.92 Å². The molecule has 88 valence electrons. The minimum atomic E-state index is 0.152. The summed E-state index contributed by atoms with van der Waals surface area (Å²) in [4.78, 5) is 0. The number of halogens is 1. The number of benzene rings is 1. The molecule has 1 aliphatic rings. The van der Waals surface area contributed by atoms with Crippen molar-refractivity contribution in [1.82, 2.24) is 5.32 Å². The number of phenolic OH excluding ortho intramolecular Hbond substituents is 1. The van der Waals surface area contributed by atoms with Crippen molar-refractivity contribution in [3.8, 4) is 5.75 Å². The Labute approximate surface area is 102 Å². The molecule has 1 fully saturated rings. The average molecular weight is 240 g/mol. The van der Waals surface area contributed by atoms with Crippen molar-refractivity contribution < 1.29 is 5.11 Å². The summed E-state index contributed by atoms with van der Waals surface area (Å²) in [6.07, 6.45) is 3.93. The van der Waals surface area contributed by atoms with Crippen molar-refractivity contribution in [3.05, 3.63) is 28.8 Å². The van der Waals surface area contributed by atoms with E-state index in [2.05, 4.69) is 12.2 Å². The fourth-order valence-electron chi connectivity index (χ4n) is 2.36. The number of phenols is 1. The summed E-state index contributed by atoms with van der Waals surface area (Å²) >= 11 is 5.86. The van der Waals surface area contributed by atoms with Gasteiger partial charge in [0.1, 0.15) is 5.75 Å². The summed E-state index contributed by atoms with van der Waals surface area (Å²) in [5, 5.41) is 13.3. The van der Waals surface area contributed by atoms with Gasteiger partial charge in [-0.15, -0.1) is 0 Å². The quantitative estimate of drug-likeness (QED) is 0.848. The highest BCUT2D eigenvalue weighted by Gasteiger charge is 2.22. The van der Waals surface area contributed by atoms with E-state index < -0.39 is 0 Å². The fraction of sp³-hybridized carbons (Fsp3) is 0.538. The van der Waals surface area contributed by atoms with E-state index >= 15 is 0 Å². The SMILES string of the molecule is CC1CCCC1NCc1ccc(O)c(Cl)c1. The fourth-order valence-corrected chi connectivity index (χ4v) is 2.56. The Hall–Kier alpha value is -0.730. The Balaban J connectivity index is 1.91. The third kappa shape index (κ3) is 2.69. The predicted molar refractivity (Wildman–Crippen MR) is 66.8 cm³/mol. The van der Waals surface area contributed by atoms with Crippen LogP contribution in [0.4, 0.5) is 0 Å². The van der Waals surface area contributed by atoms with E-state index in [0.717, 1.165) is 18.0 Å². The molecular weight excluding hydrogens is 222 g/mol. The van der Waals surface area contributed by atoms with Crippen LogP contribution >= 0.6 is 11.6 Å². The molecule has 0 bridgehead atoms. The molecule has 0 radical (unpaired) electrons. The smallest absolute Gasteiger partial charge is 0.134 e. The van der Waals surface area contributed by atoms with Gasteiger partial charge in [0.25, 0.3) is 0 Å². The molecule has 0 aliphatic heterocycles. The Morgan fingerprint density at radius 3 is 2.88 bits per heavy atom. The normalized spacial score (nSPS) is 24.9. The highest BCUT2D eigenvalue weighted by atomic mass is 35.5. The van der Waals surface area contributed by atoms with E-state index in [1.54, 1.807) is 6.07 Å². The first kappa shape index (κ1) is 11.7. The van der Waals surface area contributed by atoms with Crippen LogP contribution in [0.5, 0.6) is 5.75 Å². The summed E-state index contributed by atoms with van der Waals surface area (Å²) in [6.45, 7) is 3.13. The molecule has 2 rings (SSSR count). The Kier molecular flexibility index (Phi) is 3.72. The first-order valence-corrected chi connectivity index (χ1v) is 6.25. The van der Waals surface area contributed by atoms with E-state index in [4.69, 9.17) is 11.6 Å². The molecule has 0 spiro atoms. The Morgan fingerprint density at radius 2 is 2.25 bits per heavy atom. The summed E-state index contributed by atoms with van der Waals surface area (Å²) in [7, 11) is 0. The summed E-state index contributed by atoms with van der Waals surface area (Å²) in [5.74, 6) is 0.923. The predicted octanol–water partition coefficient (Wildman–Crippen LogP) is 3.32. The van der Waals surface area contributed by atoms with Gasteiger partial charge in [0.2, 0.25) is 0 Å². The zero-order chi connectivity index (χ0) is 11.5. The zero-order valence-electron chi connectivity index (χ0n) is 9.54. The Bertz CT molecular complexity index is 367. The maximum absolute atomic E-state index is 9.31. The van der Waals surface area contributed by atoms with E-state index in [9.17, 15) is 5.11 Å². The number of nitrogens with one attached hydrogen (secondary N) is 1. The molecule has 2 atom stereocenters. The molecule has 1 aliphatic carbocycles. The van der Waals surface area contributed by atoms with Gasteiger partial charge < -0.3 is 10.4 Å². The Morgan fingerprint density at radius 1 is 1.44 bits per heavy atom. The topological polar surface area (TPSA) is 32.3 Å².